The van der Waals surface area contributed by atoms with Crippen molar-refractivity contribution >= 4 is 6.09 Å². The van der Waals surface area contributed by atoms with Crippen LogP contribution >= 0.6 is 0 Å². The highest BCUT2D eigenvalue weighted by Gasteiger charge is 2.24. The molecule has 1 aliphatic heterocycles. The Morgan fingerprint density at radius 1 is 1.29 bits per heavy atom. The van der Waals surface area contributed by atoms with Crippen molar-refractivity contribution in [2.45, 2.75) is 6.04 Å². The minimum Gasteiger partial charge on any atom is -0.447 e. The Labute approximate surface area is 78.7 Å². The maximum atomic E-state index is 12.8. The summed E-state index contributed by atoms with van der Waals surface area (Å²) in [5, 5.41) is 2.43. The molecular formula is C9H7F2NO2. The number of cyclic esters (lactones) is 1. The lowest BCUT2D eigenvalue weighted by Crippen LogP contribution is -2.18. The third-order valence-corrected chi connectivity index (χ3v) is 1.96. The van der Waals surface area contributed by atoms with Crippen LogP contribution in [-0.4, -0.2) is 12.7 Å². The molecule has 3 nitrogen and oxygen atoms in total. The van der Waals surface area contributed by atoms with Crippen LogP contribution in [0.2, 0.25) is 0 Å². The van der Waals surface area contributed by atoms with E-state index in [1.165, 1.54) is 12.1 Å². The molecule has 1 fully saturated rings. The number of amides is 1. The Balaban J connectivity index is 2.27. The van der Waals surface area contributed by atoms with E-state index in [2.05, 4.69) is 10.1 Å². The molecule has 0 unspecified atom stereocenters. The van der Waals surface area contributed by atoms with Gasteiger partial charge >= 0.3 is 6.09 Å². The molecule has 1 aromatic carbocycles. The normalized spacial score (nSPS) is 20.4. The molecule has 74 valence electrons. The lowest BCUT2D eigenvalue weighted by molar-refractivity contribution is 0.177. The third kappa shape index (κ3) is 1.66. The first kappa shape index (κ1) is 8.93. The van der Waals surface area contributed by atoms with E-state index in [-0.39, 0.29) is 6.61 Å². The first-order valence-corrected chi connectivity index (χ1v) is 4.04. The van der Waals surface area contributed by atoms with Crippen LogP contribution < -0.4 is 5.32 Å². The molecule has 1 aliphatic rings. The highest BCUT2D eigenvalue weighted by atomic mass is 19.1. The molecule has 0 radical (unpaired) electrons. The predicted octanol–water partition coefficient (Wildman–Crippen LogP) is 1.75. The van der Waals surface area contributed by atoms with Crippen LogP contribution in [0.1, 0.15) is 11.6 Å². The van der Waals surface area contributed by atoms with Crippen molar-refractivity contribution in [1.29, 1.82) is 0 Å². The van der Waals surface area contributed by atoms with Crippen molar-refractivity contribution in [3.05, 3.63) is 35.4 Å². The Bertz CT molecular complexity index is 361. The van der Waals surface area contributed by atoms with Crippen LogP contribution in [0.25, 0.3) is 0 Å². The van der Waals surface area contributed by atoms with Crippen LogP contribution in [0.5, 0.6) is 0 Å². The summed E-state index contributed by atoms with van der Waals surface area (Å²) in [6, 6.07) is 2.65. The first-order chi connectivity index (χ1) is 6.65. The van der Waals surface area contributed by atoms with Crippen molar-refractivity contribution in [2.75, 3.05) is 6.61 Å². The van der Waals surface area contributed by atoms with Gasteiger partial charge in [-0.2, -0.15) is 0 Å². The van der Waals surface area contributed by atoms with Gasteiger partial charge in [0, 0.05) is 6.07 Å². The van der Waals surface area contributed by atoms with Gasteiger partial charge in [-0.1, -0.05) is 0 Å². The van der Waals surface area contributed by atoms with E-state index in [1.807, 2.05) is 0 Å². The number of hydrogen-bond donors (Lipinski definition) is 1. The van der Waals surface area contributed by atoms with Crippen LogP contribution in [0.4, 0.5) is 13.6 Å². The summed E-state index contributed by atoms with van der Waals surface area (Å²) in [7, 11) is 0. The molecule has 1 saturated heterocycles. The molecule has 0 aromatic heterocycles. The predicted molar refractivity (Wildman–Crippen MR) is 43.6 cm³/mol. The van der Waals surface area contributed by atoms with Crippen molar-refractivity contribution in [3.8, 4) is 0 Å². The smallest absolute Gasteiger partial charge is 0.407 e. The summed E-state index contributed by atoms with van der Waals surface area (Å²) in [6.45, 7) is 0.0989. The number of halogens is 2. The number of ether oxygens (including phenoxy) is 1. The van der Waals surface area contributed by atoms with Gasteiger partial charge in [-0.3, -0.25) is 0 Å². The Morgan fingerprint density at radius 2 is 1.93 bits per heavy atom. The van der Waals surface area contributed by atoms with Crippen LogP contribution in [0.15, 0.2) is 18.2 Å². The molecule has 1 atom stereocenters. The third-order valence-electron chi connectivity index (χ3n) is 1.96. The van der Waals surface area contributed by atoms with E-state index in [9.17, 15) is 13.6 Å². The van der Waals surface area contributed by atoms with E-state index in [0.29, 0.717) is 5.56 Å². The summed E-state index contributed by atoms with van der Waals surface area (Å²) >= 11 is 0. The van der Waals surface area contributed by atoms with E-state index >= 15 is 0 Å². The zero-order valence-electron chi connectivity index (χ0n) is 7.09. The molecule has 0 spiro atoms. The summed E-state index contributed by atoms with van der Waals surface area (Å²) in [5.41, 5.74) is 0.369. The maximum absolute atomic E-state index is 12.8. The Hall–Kier alpha value is -1.65. The second kappa shape index (κ2) is 3.25. The second-order valence-electron chi connectivity index (χ2n) is 3.00. The fraction of sp³-hybridized carbons (Fsp3) is 0.222. The number of nitrogens with one attached hydrogen (secondary N) is 1. The second-order valence-corrected chi connectivity index (χ2v) is 3.00. The van der Waals surface area contributed by atoms with Gasteiger partial charge in [-0.15, -0.1) is 0 Å². The molecule has 0 aliphatic carbocycles. The number of hydrogen-bond acceptors (Lipinski definition) is 2. The van der Waals surface area contributed by atoms with Gasteiger partial charge in [0.15, 0.2) is 0 Å². The molecule has 1 N–H and O–H groups in total. The largest absolute Gasteiger partial charge is 0.447 e. The molecule has 2 rings (SSSR count). The monoisotopic (exact) mass is 199 g/mol. The Kier molecular flexibility index (Phi) is 2.07. The van der Waals surface area contributed by atoms with Crippen LogP contribution in [0, 0.1) is 11.6 Å². The number of benzene rings is 1. The number of carbonyl (C=O) groups excluding carboxylic acids is 1. The van der Waals surface area contributed by atoms with E-state index in [0.717, 1.165) is 6.07 Å². The molecule has 1 heterocycles. The fourth-order valence-corrected chi connectivity index (χ4v) is 1.34. The minimum atomic E-state index is -0.666. The summed E-state index contributed by atoms with van der Waals surface area (Å²) in [5.74, 6) is -1.33. The topological polar surface area (TPSA) is 38.3 Å². The van der Waals surface area contributed by atoms with Gasteiger partial charge in [0.25, 0.3) is 0 Å². The molecule has 0 saturated carbocycles. The van der Waals surface area contributed by atoms with Gasteiger partial charge in [-0.25, -0.2) is 13.6 Å². The van der Waals surface area contributed by atoms with Crippen molar-refractivity contribution in [1.82, 2.24) is 5.32 Å². The van der Waals surface area contributed by atoms with E-state index in [4.69, 9.17) is 0 Å². The van der Waals surface area contributed by atoms with Crippen LogP contribution in [0.3, 0.4) is 0 Å². The lowest BCUT2D eigenvalue weighted by Gasteiger charge is -2.07. The average molecular weight is 199 g/mol. The zero-order chi connectivity index (χ0) is 10.1. The van der Waals surface area contributed by atoms with Gasteiger partial charge in [-0.05, 0) is 17.7 Å². The summed E-state index contributed by atoms with van der Waals surface area (Å²) in [6.07, 6.45) is -0.570. The highest BCUT2D eigenvalue weighted by Crippen LogP contribution is 2.19. The van der Waals surface area contributed by atoms with E-state index < -0.39 is 23.8 Å². The minimum absolute atomic E-state index is 0.0989. The summed E-state index contributed by atoms with van der Waals surface area (Å²) < 4.78 is 30.2. The van der Waals surface area contributed by atoms with Gasteiger partial charge < -0.3 is 10.1 Å². The first-order valence-electron chi connectivity index (χ1n) is 4.04. The quantitative estimate of drug-likeness (QED) is 0.748. The lowest BCUT2D eigenvalue weighted by atomic mass is 10.1. The zero-order valence-corrected chi connectivity index (χ0v) is 7.09. The van der Waals surface area contributed by atoms with Gasteiger partial charge in [0.1, 0.15) is 18.2 Å². The van der Waals surface area contributed by atoms with E-state index in [1.54, 1.807) is 0 Å². The molecule has 5 heteroatoms. The highest BCUT2D eigenvalue weighted by molar-refractivity contribution is 5.70. The van der Waals surface area contributed by atoms with Crippen molar-refractivity contribution in [2.24, 2.45) is 0 Å². The maximum Gasteiger partial charge on any atom is 0.407 e. The molecular weight excluding hydrogens is 192 g/mol. The SMILES string of the molecule is O=C1N[C@@H](c2cc(F)cc(F)c2)CO1. The average Bonchev–Trinajstić information content (AvgIpc) is 2.50. The molecule has 1 aromatic rings. The Morgan fingerprint density at radius 3 is 2.43 bits per heavy atom. The molecule has 1 amide bonds. The van der Waals surface area contributed by atoms with Crippen molar-refractivity contribution < 1.29 is 18.3 Å². The number of carbonyl (C=O) groups is 1. The number of alkyl carbamates (subject to hydrolysis) is 1. The molecule has 0 bridgehead atoms. The standard InChI is InChI=1S/C9H7F2NO2/c10-6-1-5(2-7(11)3-6)8-4-14-9(13)12-8/h1-3,8H,4H2,(H,12,13)/t8-/m1/s1. The summed E-state index contributed by atoms with van der Waals surface area (Å²) in [4.78, 5) is 10.7. The van der Waals surface area contributed by atoms with Gasteiger partial charge in [0.05, 0.1) is 6.04 Å². The van der Waals surface area contributed by atoms with Gasteiger partial charge in [0.2, 0.25) is 0 Å². The number of rotatable bonds is 1. The van der Waals surface area contributed by atoms with Crippen LogP contribution in [-0.2, 0) is 4.74 Å². The molecule has 14 heavy (non-hydrogen) atoms. The fourth-order valence-electron chi connectivity index (χ4n) is 1.34. The van der Waals surface area contributed by atoms with Crippen molar-refractivity contribution in [3.63, 3.8) is 0 Å².